The summed E-state index contributed by atoms with van der Waals surface area (Å²) in [6.45, 7) is 8.92. The van der Waals surface area contributed by atoms with Crippen LogP contribution in [0.1, 0.15) is 56.0 Å². The van der Waals surface area contributed by atoms with E-state index in [0.717, 1.165) is 23.1 Å². The molecule has 2 atom stereocenters. The van der Waals surface area contributed by atoms with Crippen LogP contribution in [-0.2, 0) is 0 Å². The number of rotatable bonds is 2. The molecule has 1 N–H and O–H groups in total. The summed E-state index contributed by atoms with van der Waals surface area (Å²) in [5.41, 5.74) is 3.16. The molecule has 1 aliphatic carbocycles. The van der Waals surface area contributed by atoms with Gasteiger partial charge in [-0.15, -0.1) is 11.3 Å². The summed E-state index contributed by atoms with van der Waals surface area (Å²) >= 11 is 1.65. The van der Waals surface area contributed by atoms with Crippen LogP contribution in [0.2, 0.25) is 0 Å². The third-order valence-corrected chi connectivity index (χ3v) is 5.61. The van der Waals surface area contributed by atoms with Gasteiger partial charge in [0.25, 0.3) is 5.91 Å². The minimum Gasteiger partial charge on any atom is -0.349 e. The molecule has 2 heterocycles. The number of hydrogen-bond donors (Lipinski definition) is 1. The fourth-order valence-electron chi connectivity index (χ4n) is 3.89. The first-order valence-corrected chi connectivity index (χ1v) is 8.87. The SMILES string of the molecule is Cc1csc2cc(C(=O)NC3CC(C)CC(C)(C)C3)cnc12. The third-order valence-electron chi connectivity index (χ3n) is 4.57. The Morgan fingerprint density at radius 3 is 2.91 bits per heavy atom. The molecule has 0 aliphatic heterocycles. The highest BCUT2D eigenvalue weighted by atomic mass is 32.1. The van der Waals surface area contributed by atoms with Crippen LogP contribution in [0.5, 0.6) is 0 Å². The first-order chi connectivity index (χ1) is 10.3. The summed E-state index contributed by atoms with van der Waals surface area (Å²) in [6.07, 6.45) is 5.07. The Labute approximate surface area is 136 Å². The average Bonchev–Trinajstić information content (AvgIpc) is 2.77. The Kier molecular flexibility index (Phi) is 3.98. The number of aromatic nitrogens is 1. The van der Waals surface area contributed by atoms with Crippen LogP contribution in [-0.4, -0.2) is 16.9 Å². The lowest BCUT2D eigenvalue weighted by Gasteiger charge is -2.39. The van der Waals surface area contributed by atoms with Crippen molar-refractivity contribution in [1.29, 1.82) is 0 Å². The number of hydrogen-bond acceptors (Lipinski definition) is 3. The normalized spacial score (nSPS) is 24.4. The molecule has 2 aromatic heterocycles. The van der Waals surface area contributed by atoms with Crippen molar-refractivity contribution >= 4 is 27.5 Å². The Balaban J connectivity index is 1.75. The second-order valence-corrected chi connectivity index (χ2v) is 8.48. The summed E-state index contributed by atoms with van der Waals surface area (Å²) in [5, 5.41) is 5.31. The van der Waals surface area contributed by atoms with Crippen molar-refractivity contribution in [2.24, 2.45) is 11.3 Å². The standard InChI is InChI=1S/C18H24N2OS/c1-11-5-14(8-18(3,4)7-11)20-17(21)13-6-15-16(19-9-13)12(2)10-22-15/h6,9-11,14H,5,7-8H2,1-4H3,(H,20,21). The first kappa shape index (κ1) is 15.5. The maximum absolute atomic E-state index is 12.5. The van der Waals surface area contributed by atoms with Gasteiger partial charge in [0.1, 0.15) is 0 Å². The predicted octanol–water partition coefficient (Wildman–Crippen LogP) is 4.55. The molecule has 4 heteroatoms. The number of carbonyl (C=O) groups is 1. The van der Waals surface area contributed by atoms with Crippen molar-refractivity contribution in [2.75, 3.05) is 0 Å². The summed E-state index contributed by atoms with van der Waals surface area (Å²) in [7, 11) is 0. The molecule has 1 saturated carbocycles. The maximum Gasteiger partial charge on any atom is 0.253 e. The van der Waals surface area contributed by atoms with Gasteiger partial charge < -0.3 is 5.32 Å². The number of nitrogens with one attached hydrogen (secondary N) is 1. The van der Waals surface area contributed by atoms with Crippen molar-refractivity contribution in [3.05, 3.63) is 28.8 Å². The summed E-state index contributed by atoms with van der Waals surface area (Å²) in [5.74, 6) is 0.671. The lowest BCUT2D eigenvalue weighted by atomic mass is 9.70. The number of fused-ring (bicyclic) bond motifs is 1. The molecule has 3 rings (SSSR count). The monoisotopic (exact) mass is 316 g/mol. The molecular weight excluding hydrogens is 292 g/mol. The highest BCUT2D eigenvalue weighted by Gasteiger charge is 2.32. The van der Waals surface area contributed by atoms with Gasteiger partial charge in [-0.2, -0.15) is 0 Å². The average molecular weight is 316 g/mol. The zero-order chi connectivity index (χ0) is 15.9. The van der Waals surface area contributed by atoms with Crippen molar-refractivity contribution < 1.29 is 4.79 Å². The number of aryl methyl sites for hydroxylation is 1. The van der Waals surface area contributed by atoms with Gasteiger partial charge in [0, 0.05) is 12.2 Å². The molecule has 118 valence electrons. The number of carbonyl (C=O) groups excluding carboxylic acids is 1. The van der Waals surface area contributed by atoms with Crippen molar-refractivity contribution in [3.63, 3.8) is 0 Å². The molecule has 1 amide bonds. The minimum absolute atomic E-state index is 0.00959. The highest BCUT2D eigenvalue weighted by molar-refractivity contribution is 7.17. The predicted molar refractivity (Wildman–Crippen MR) is 92.4 cm³/mol. The molecule has 2 aromatic rings. The molecule has 22 heavy (non-hydrogen) atoms. The summed E-state index contributed by atoms with van der Waals surface area (Å²) in [6, 6.07) is 2.24. The largest absolute Gasteiger partial charge is 0.349 e. The second kappa shape index (κ2) is 5.65. The van der Waals surface area contributed by atoms with Crippen LogP contribution in [0.3, 0.4) is 0 Å². The van der Waals surface area contributed by atoms with Gasteiger partial charge in [0.15, 0.2) is 0 Å². The molecule has 0 spiro atoms. The van der Waals surface area contributed by atoms with E-state index in [1.807, 2.05) is 6.07 Å². The van der Waals surface area contributed by atoms with Crippen molar-refractivity contribution in [1.82, 2.24) is 10.3 Å². The van der Waals surface area contributed by atoms with E-state index in [0.29, 0.717) is 16.9 Å². The Hall–Kier alpha value is -1.42. The van der Waals surface area contributed by atoms with E-state index in [1.165, 1.54) is 12.0 Å². The number of amides is 1. The molecule has 0 aromatic carbocycles. The van der Waals surface area contributed by atoms with Crippen molar-refractivity contribution in [2.45, 2.75) is 53.0 Å². The summed E-state index contributed by atoms with van der Waals surface area (Å²) < 4.78 is 1.09. The fraction of sp³-hybridized carbons (Fsp3) is 0.556. The van der Waals surface area contributed by atoms with E-state index < -0.39 is 0 Å². The van der Waals surface area contributed by atoms with E-state index in [-0.39, 0.29) is 11.9 Å². The molecule has 1 fully saturated rings. The van der Waals surface area contributed by atoms with Gasteiger partial charge in [0.05, 0.1) is 15.8 Å². The van der Waals surface area contributed by atoms with Crippen LogP contribution >= 0.6 is 11.3 Å². The molecular formula is C18H24N2OS. The zero-order valence-electron chi connectivity index (χ0n) is 13.8. The summed E-state index contributed by atoms with van der Waals surface area (Å²) in [4.78, 5) is 17.0. The topological polar surface area (TPSA) is 42.0 Å². The smallest absolute Gasteiger partial charge is 0.253 e. The molecule has 1 aliphatic rings. The van der Waals surface area contributed by atoms with E-state index in [4.69, 9.17) is 0 Å². The lowest BCUT2D eigenvalue weighted by molar-refractivity contribution is 0.0874. The van der Waals surface area contributed by atoms with E-state index in [9.17, 15) is 4.79 Å². The van der Waals surface area contributed by atoms with E-state index in [2.05, 4.69) is 43.4 Å². The van der Waals surface area contributed by atoms with Crippen molar-refractivity contribution in [3.8, 4) is 0 Å². The number of thiophene rings is 1. The first-order valence-electron chi connectivity index (χ1n) is 7.99. The molecule has 0 radical (unpaired) electrons. The van der Waals surface area contributed by atoms with Gasteiger partial charge >= 0.3 is 0 Å². The van der Waals surface area contributed by atoms with E-state index in [1.54, 1.807) is 17.5 Å². The quantitative estimate of drug-likeness (QED) is 0.883. The molecule has 3 nitrogen and oxygen atoms in total. The van der Waals surface area contributed by atoms with Crippen LogP contribution < -0.4 is 5.32 Å². The Bertz CT molecular complexity index is 704. The lowest BCUT2D eigenvalue weighted by Crippen LogP contribution is -2.43. The second-order valence-electron chi connectivity index (χ2n) is 7.57. The van der Waals surface area contributed by atoms with Gasteiger partial charge in [-0.3, -0.25) is 9.78 Å². The van der Waals surface area contributed by atoms with Crippen LogP contribution in [0, 0.1) is 18.3 Å². The maximum atomic E-state index is 12.5. The van der Waals surface area contributed by atoms with Gasteiger partial charge in [-0.1, -0.05) is 20.8 Å². The van der Waals surface area contributed by atoms with Gasteiger partial charge in [-0.05, 0) is 54.5 Å². The Morgan fingerprint density at radius 2 is 2.18 bits per heavy atom. The molecule has 0 bridgehead atoms. The molecule has 2 unspecified atom stereocenters. The minimum atomic E-state index is 0.00959. The Morgan fingerprint density at radius 1 is 1.41 bits per heavy atom. The highest BCUT2D eigenvalue weighted by Crippen LogP contribution is 2.38. The third kappa shape index (κ3) is 3.17. The van der Waals surface area contributed by atoms with Crippen LogP contribution in [0.15, 0.2) is 17.6 Å². The number of pyridine rings is 1. The molecule has 0 saturated heterocycles. The number of nitrogens with zero attached hydrogens (tertiary/aromatic N) is 1. The van der Waals surface area contributed by atoms with Crippen LogP contribution in [0.25, 0.3) is 10.2 Å². The van der Waals surface area contributed by atoms with Crippen LogP contribution in [0.4, 0.5) is 0 Å². The van der Waals surface area contributed by atoms with E-state index >= 15 is 0 Å². The van der Waals surface area contributed by atoms with Gasteiger partial charge in [0.2, 0.25) is 0 Å². The fourth-order valence-corrected chi connectivity index (χ4v) is 4.82. The zero-order valence-corrected chi connectivity index (χ0v) is 14.6. The van der Waals surface area contributed by atoms with Gasteiger partial charge in [-0.25, -0.2) is 0 Å².